The molecule has 7 nitrogen and oxygen atoms in total. The Morgan fingerprint density at radius 1 is 1.33 bits per heavy atom. The van der Waals surface area contributed by atoms with Gasteiger partial charge in [-0.25, -0.2) is 4.79 Å². The van der Waals surface area contributed by atoms with Crippen molar-refractivity contribution in [2.24, 2.45) is 0 Å². The zero-order valence-electron chi connectivity index (χ0n) is 15.6. The highest BCUT2D eigenvalue weighted by molar-refractivity contribution is 5.95. The number of rotatable bonds is 3. The standard InChI is InChI=1S/C20H24N2O5/c1-12-11-22(6-7-26-12)18-10-17(23)15-9-13(20(24)25-2)8-14(19(15)27-18)16-4-3-5-21-16/h8-10,12,16,21H,3-7,11H2,1-2H3. The Labute approximate surface area is 157 Å². The van der Waals surface area contributed by atoms with Gasteiger partial charge in [0, 0.05) is 30.8 Å². The predicted molar refractivity (Wildman–Crippen MR) is 101 cm³/mol. The van der Waals surface area contributed by atoms with E-state index in [0.29, 0.717) is 42.1 Å². The van der Waals surface area contributed by atoms with Crippen molar-refractivity contribution >= 4 is 22.8 Å². The SMILES string of the molecule is COC(=O)c1cc(C2CCCN2)c2oc(N3CCOC(C)C3)cc(=O)c2c1. The van der Waals surface area contributed by atoms with Crippen molar-refractivity contribution in [1.29, 1.82) is 0 Å². The van der Waals surface area contributed by atoms with E-state index in [4.69, 9.17) is 13.9 Å². The van der Waals surface area contributed by atoms with E-state index in [9.17, 15) is 9.59 Å². The quantitative estimate of drug-likeness (QED) is 0.828. The highest BCUT2D eigenvalue weighted by Crippen LogP contribution is 2.32. The van der Waals surface area contributed by atoms with E-state index < -0.39 is 5.97 Å². The minimum Gasteiger partial charge on any atom is -0.465 e. The third kappa shape index (κ3) is 3.44. The first kappa shape index (κ1) is 18.0. The summed E-state index contributed by atoms with van der Waals surface area (Å²) in [6, 6.07) is 4.91. The third-order valence-electron chi connectivity index (χ3n) is 5.25. The lowest BCUT2D eigenvalue weighted by molar-refractivity contribution is 0.0517. The summed E-state index contributed by atoms with van der Waals surface area (Å²) in [7, 11) is 1.34. The number of carbonyl (C=O) groups is 1. The van der Waals surface area contributed by atoms with Gasteiger partial charge in [0.05, 0.1) is 30.8 Å². The van der Waals surface area contributed by atoms with Crippen molar-refractivity contribution in [1.82, 2.24) is 5.32 Å². The van der Waals surface area contributed by atoms with Crippen LogP contribution in [0.2, 0.25) is 0 Å². The van der Waals surface area contributed by atoms with Crippen molar-refractivity contribution in [3.8, 4) is 0 Å². The molecular weight excluding hydrogens is 348 g/mol. The van der Waals surface area contributed by atoms with E-state index in [1.807, 2.05) is 11.8 Å². The van der Waals surface area contributed by atoms with Crippen LogP contribution in [0.15, 0.2) is 27.4 Å². The Morgan fingerprint density at radius 3 is 2.89 bits per heavy atom. The lowest BCUT2D eigenvalue weighted by atomic mass is 9.99. The number of hydrogen-bond donors (Lipinski definition) is 1. The number of benzene rings is 1. The van der Waals surface area contributed by atoms with Gasteiger partial charge < -0.3 is 24.1 Å². The summed E-state index contributed by atoms with van der Waals surface area (Å²) < 4.78 is 16.7. The van der Waals surface area contributed by atoms with E-state index in [-0.39, 0.29) is 17.6 Å². The van der Waals surface area contributed by atoms with E-state index in [2.05, 4.69) is 5.32 Å². The molecule has 0 saturated carbocycles. The molecule has 1 N–H and O–H groups in total. The van der Waals surface area contributed by atoms with Crippen LogP contribution in [-0.2, 0) is 9.47 Å². The molecule has 2 aliphatic rings. The number of methoxy groups -OCH3 is 1. The molecule has 4 rings (SSSR count). The minimum atomic E-state index is -0.457. The first-order valence-corrected chi connectivity index (χ1v) is 9.37. The van der Waals surface area contributed by atoms with E-state index in [1.54, 1.807) is 12.1 Å². The number of morpholine rings is 1. The largest absolute Gasteiger partial charge is 0.465 e. The summed E-state index contributed by atoms with van der Waals surface area (Å²) in [5.41, 5.74) is 1.60. The molecule has 2 saturated heterocycles. The Kier molecular flexibility index (Phi) is 4.88. The van der Waals surface area contributed by atoms with Crippen LogP contribution < -0.4 is 15.6 Å². The van der Waals surface area contributed by atoms with Crippen LogP contribution in [0.25, 0.3) is 11.0 Å². The number of carbonyl (C=O) groups excluding carboxylic acids is 1. The van der Waals surface area contributed by atoms with E-state index >= 15 is 0 Å². The van der Waals surface area contributed by atoms with E-state index in [0.717, 1.165) is 24.9 Å². The van der Waals surface area contributed by atoms with Gasteiger partial charge in [0.15, 0.2) is 11.3 Å². The summed E-state index contributed by atoms with van der Waals surface area (Å²) >= 11 is 0. The second-order valence-electron chi connectivity index (χ2n) is 7.16. The summed E-state index contributed by atoms with van der Waals surface area (Å²) in [5.74, 6) is 0.0920. The Hall–Kier alpha value is -2.38. The minimum absolute atomic E-state index is 0.0547. The molecular formula is C20H24N2O5. The Bertz CT molecular complexity index is 916. The first-order valence-electron chi connectivity index (χ1n) is 9.37. The van der Waals surface area contributed by atoms with Gasteiger partial charge in [-0.1, -0.05) is 0 Å². The lowest BCUT2D eigenvalue weighted by Gasteiger charge is -2.31. The monoisotopic (exact) mass is 372 g/mol. The molecule has 2 atom stereocenters. The molecule has 27 heavy (non-hydrogen) atoms. The molecule has 2 aromatic rings. The van der Waals surface area contributed by atoms with Crippen LogP contribution in [0.1, 0.15) is 41.7 Å². The fourth-order valence-corrected chi connectivity index (χ4v) is 3.89. The van der Waals surface area contributed by atoms with Gasteiger partial charge in [0.1, 0.15) is 5.58 Å². The van der Waals surface area contributed by atoms with Crippen LogP contribution in [0.3, 0.4) is 0 Å². The van der Waals surface area contributed by atoms with E-state index in [1.165, 1.54) is 13.2 Å². The Morgan fingerprint density at radius 2 is 2.19 bits per heavy atom. The lowest BCUT2D eigenvalue weighted by Crippen LogP contribution is -2.41. The highest BCUT2D eigenvalue weighted by atomic mass is 16.5. The number of hydrogen-bond acceptors (Lipinski definition) is 7. The number of esters is 1. The zero-order valence-corrected chi connectivity index (χ0v) is 15.6. The maximum atomic E-state index is 12.9. The fraction of sp³-hybridized carbons (Fsp3) is 0.500. The average Bonchev–Trinajstić information content (AvgIpc) is 3.21. The molecule has 1 aromatic carbocycles. The number of nitrogens with one attached hydrogen (secondary N) is 1. The number of fused-ring (bicyclic) bond motifs is 1. The van der Waals surface area contributed by atoms with Crippen molar-refractivity contribution < 1.29 is 18.7 Å². The predicted octanol–water partition coefficient (Wildman–Crippen LogP) is 2.23. The molecule has 2 aliphatic heterocycles. The molecule has 0 bridgehead atoms. The molecule has 0 amide bonds. The highest BCUT2D eigenvalue weighted by Gasteiger charge is 2.25. The Balaban J connectivity index is 1.87. The maximum absolute atomic E-state index is 12.9. The second kappa shape index (κ2) is 7.32. The molecule has 1 aromatic heterocycles. The zero-order chi connectivity index (χ0) is 19.0. The average molecular weight is 372 g/mol. The van der Waals surface area contributed by atoms with Gasteiger partial charge in [-0.05, 0) is 38.4 Å². The summed E-state index contributed by atoms with van der Waals surface area (Å²) in [6.45, 7) is 4.85. The van der Waals surface area contributed by atoms with Crippen LogP contribution >= 0.6 is 0 Å². The van der Waals surface area contributed by atoms with Crippen LogP contribution in [0.4, 0.5) is 5.88 Å². The van der Waals surface area contributed by atoms with Crippen molar-refractivity contribution in [3.05, 3.63) is 39.5 Å². The van der Waals surface area contributed by atoms with Crippen molar-refractivity contribution in [3.63, 3.8) is 0 Å². The summed E-state index contributed by atoms with van der Waals surface area (Å²) in [5, 5.41) is 3.84. The van der Waals surface area contributed by atoms with Crippen LogP contribution in [-0.4, -0.2) is 45.4 Å². The topological polar surface area (TPSA) is 81.0 Å². The molecule has 0 radical (unpaired) electrons. The molecule has 3 heterocycles. The molecule has 7 heteroatoms. The van der Waals surface area contributed by atoms with Gasteiger partial charge in [-0.2, -0.15) is 0 Å². The van der Waals surface area contributed by atoms with Gasteiger partial charge in [-0.15, -0.1) is 0 Å². The third-order valence-corrected chi connectivity index (χ3v) is 5.25. The number of ether oxygens (including phenoxy) is 2. The molecule has 0 spiro atoms. The maximum Gasteiger partial charge on any atom is 0.337 e. The fourth-order valence-electron chi connectivity index (χ4n) is 3.89. The van der Waals surface area contributed by atoms with Crippen LogP contribution in [0, 0.1) is 0 Å². The van der Waals surface area contributed by atoms with Crippen molar-refractivity contribution in [2.75, 3.05) is 38.3 Å². The summed E-state index contributed by atoms with van der Waals surface area (Å²) in [6.07, 6.45) is 2.05. The molecule has 0 aliphatic carbocycles. The second-order valence-corrected chi connectivity index (χ2v) is 7.16. The smallest absolute Gasteiger partial charge is 0.337 e. The number of anilines is 1. The summed E-state index contributed by atoms with van der Waals surface area (Å²) in [4.78, 5) is 27.0. The van der Waals surface area contributed by atoms with Crippen molar-refractivity contribution in [2.45, 2.75) is 31.9 Å². The van der Waals surface area contributed by atoms with Gasteiger partial charge in [-0.3, -0.25) is 4.79 Å². The molecule has 2 fully saturated rings. The first-order chi connectivity index (χ1) is 13.1. The molecule has 2 unspecified atom stereocenters. The van der Waals surface area contributed by atoms with Gasteiger partial charge >= 0.3 is 5.97 Å². The molecule has 144 valence electrons. The normalized spacial score (nSPS) is 23.0. The van der Waals surface area contributed by atoms with Crippen LogP contribution in [0.5, 0.6) is 0 Å². The number of nitrogens with zero attached hydrogens (tertiary/aromatic N) is 1. The van der Waals surface area contributed by atoms with Gasteiger partial charge in [0.25, 0.3) is 0 Å². The van der Waals surface area contributed by atoms with Gasteiger partial charge in [0.2, 0.25) is 0 Å².